The van der Waals surface area contributed by atoms with Gasteiger partial charge in [0.25, 0.3) is 0 Å². The van der Waals surface area contributed by atoms with Gasteiger partial charge in [-0.05, 0) is 6.42 Å². The molecule has 0 aliphatic rings. The Morgan fingerprint density at radius 3 is 2.56 bits per heavy atom. The van der Waals surface area contributed by atoms with Crippen LogP contribution in [0.4, 0.5) is 13.2 Å². The maximum absolute atomic E-state index is 11.8. The van der Waals surface area contributed by atoms with Gasteiger partial charge in [0.1, 0.15) is 0 Å². The van der Waals surface area contributed by atoms with Crippen molar-refractivity contribution in [1.82, 2.24) is 9.55 Å². The Balaban J connectivity index is 2.31. The molecule has 0 fully saturated rings. The summed E-state index contributed by atoms with van der Waals surface area (Å²) in [5, 5.41) is 0. The molecule has 1 rings (SSSR count). The van der Waals surface area contributed by atoms with Gasteiger partial charge in [-0.2, -0.15) is 21.6 Å². The van der Waals surface area contributed by atoms with Crippen LogP contribution in [-0.4, -0.2) is 30.1 Å². The van der Waals surface area contributed by atoms with Crippen molar-refractivity contribution >= 4 is 10.1 Å². The number of aromatic nitrogens is 2. The van der Waals surface area contributed by atoms with Gasteiger partial charge in [0, 0.05) is 18.9 Å². The lowest BCUT2D eigenvalue weighted by Crippen LogP contribution is -2.26. The molecule has 0 saturated heterocycles. The number of aryl methyl sites for hydroxylation is 1. The van der Waals surface area contributed by atoms with Crippen molar-refractivity contribution in [3.63, 3.8) is 0 Å². The number of nitrogens with zero attached hydrogens (tertiary/aromatic N) is 2. The van der Waals surface area contributed by atoms with Gasteiger partial charge in [-0.1, -0.05) is 0 Å². The Kier molecular flexibility index (Phi) is 3.92. The SMILES string of the molecule is O=S(=O)(OCCCn1ccnc1)C(F)(F)F. The van der Waals surface area contributed by atoms with E-state index >= 15 is 0 Å². The van der Waals surface area contributed by atoms with Crippen LogP contribution in [-0.2, 0) is 20.8 Å². The number of alkyl halides is 3. The lowest BCUT2D eigenvalue weighted by atomic mass is 10.4. The topological polar surface area (TPSA) is 61.2 Å². The van der Waals surface area contributed by atoms with Crippen molar-refractivity contribution in [2.45, 2.75) is 18.5 Å². The Morgan fingerprint density at radius 1 is 1.38 bits per heavy atom. The van der Waals surface area contributed by atoms with Gasteiger partial charge in [-0.25, -0.2) is 4.98 Å². The fourth-order valence-electron chi connectivity index (χ4n) is 0.902. The van der Waals surface area contributed by atoms with E-state index in [0.717, 1.165) is 0 Å². The predicted molar refractivity (Wildman–Crippen MR) is 47.8 cm³/mol. The predicted octanol–water partition coefficient (Wildman–Crippen LogP) is 1.14. The van der Waals surface area contributed by atoms with Crippen molar-refractivity contribution in [1.29, 1.82) is 0 Å². The van der Waals surface area contributed by atoms with E-state index in [1.54, 1.807) is 10.8 Å². The highest BCUT2D eigenvalue weighted by Crippen LogP contribution is 2.24. The Labute approximate surface area is 90.0 Å². The molecular formula is C7H9F3N2O3S. The van der Waals surface area contributed by atoms with Crippen molar-refractivity contribution in [3.8, 4) is 0 Å². The summed E-state index contributed by atoms with van der Waals surface area (Å²) >= 11 is 0. The molecule has 0 aliphatic carbocycles. The summed E-state index contributed by atoms with van der Waals surface area (Å²) in [5.41, 5.74) is -5.36. The van der Waals surface area contributed by atoms with E-state index in [1.165, 1.54) is 12.5 Å². The summed E-state index contributed by atoms with van der Waals surface area (Å²) in [6.45, 7) is -0.173. The van der Waals surface area contributed by atoms with E-state index in [0.29, 0.717) is 6.54 Å². The zero-order valence-electron chi connectivity index (χ0n) is 8.01. The maximum Gasteiger partial charge on any atom is 0.523 e. The Hall–Kier alpha value is -1.09. The van der Waals surface area contributed by atoms with E-state index in [1.807, 2.05) is 0 Å². The average Bonchev–Trinajstić information content (AvgIpc) is 2.63. The molecule has 0 N–H and O–H groups in total. The summed E-state index contributed by atoms with van der Waals surface area (Å²) in [6.07, 6.45) is 4.73. The minimum Gasteiger partial charge on any atom is -0.337 e. The molecule has 0 bridgehead atoms. The van der Waals surface area contributed by atoms with Gasteiger partial charge in [0.05, 0.1) is 12.9 Å². The lowest BCUT2D eigenvalue weighted by Gasteiger charge is -2.08. The highest BCUT2D eigenvalue weighted by Gasteiger charge is 2.47. The molecule has 0 aliphatic heterocycles. The van der Waals surface area contributed by atoms with Crippen LogP contribution in [0.3, 0.4) is 0 Å². The smallest absolute Gasteiger partial charge is 0.337 e. The molecule has 0 spiro atoms. The van der Waals surface area contributed by atoms with Crippen LogP contribution in [0.15, 0.2) is 18.7 Å². The van der Waals surface area contributed by atoms with Gasteiger partial charge in [-0.3, -0.25) is 4.18 Å². The third kappa shape index (κ3) is 3.49. The summed E-state index contributed by atoms with van der Waals surface area (Å²) in [6, 6.07) is 0. The van der Waals surface area contributed by atoms with Crippen molar-refractivity contribution in [2.24, 2.45) is 0 Å². The van der Waals surface area contributed by atoms with E-state index < -0.39 is 22.2 Å². The normalized spacial score (nSPS) is 12.9. The number of rotatable bonds is 5. The van der Waals surface area contributed by atoms with E-state index in [9.17, 15) is 21.6 Å². The second-order valence-corrected chi connectivity index (χ2v) is 4.48. The molecule has 1 heterocycles. The fourth-order valence-corrected chi connectivity index (χ4v) is 1.37. The fraction of sp³-hybridized carbons (Fsp3) is 0.571. The van der Waals surface area contributed by atoms with E-state index in [2.05, 4.69) is 9.17 Å². The third-order valence-electron chi connectivity index (χ3n) is 1.64. The van der Waals surface area contributed by atoms with E-state index in [-0.39, 0.29) is 6.42 Å². The first-order valence-corrected chi connectivity index (χ1v) is 5.65. The molecule has 0 radical (unpaired) electrons. The largest absolute Gasteiger partial charge is 0.523 e. The zero-order chi connectivity index (χ0) is 12.2. The second kappa shape index (κ2) is 4.83. The molecule has 0 atom stereocenters. The van der Waals surface area contributed by atoms with Crippen molar-refractivity contribution < 1.29 is 25.8 Å². The van der Waals surface area contributed by atoms with E-state index in [4.69, 9.17) is 0 Å². The van der Waals surface area contributed by atoms with Crippen LogP contribution in [0.5, 0.6) is 0 Å². The monoisotopic (exact) mass is 258 g/mol. The second-order valence-electron chi connectivity index (χ2n) is 2.88. The third-order valence-corrected chi connectivity index (χ3v) is 2.69. The van der Waals surface area contributed by atoms with Gasteiger partial charge >= 0.3 is 15.6 Å². The number of hydrogen-bond donors (Lipinski definition) is 0. The highest BCUT2D eigenvalue weighted by molar-refractivity contribution is 7.87. The van der Waals surface area contributed by atoms with Gasteiger partial charge < -0.3 is 4.57 Å². The lowest BCUT2D eigenvalue weighted by molar-refractivity contribution is -0.0543. The number of imidazole rings is 1. The van der Waals surface area contributed by atoms with Crippen molar-refractivity contribution in [2.75, 3.05) is 6.61 Å². The van der Waals surface area contributed by atoms with Crippen LogP contribution >= 0.6 is 0 Å². The molecule has 0 saturated carbocycles. The molecular weight excluding hydrogens is 249 g/mol. The summed E-state index contributed by atoms with van der Waals surface area (Å²) in [4.78, 5) is 3.71. The summed E-state index contributed by atoms with van der Waals surface area (Å²) < 4.78 is 61.7. The molecule has 9 heteroatoms. The molecule has 5 nitrogen and oxygen atoms in total. The first-order chi connectivity index (χ1) is 7.33. The summed E-state index contributed by atoms with van der Waals surface area (Å²) in [5.74, 6) is 0. The van der Waals surface area contributed by atoms with Gasteiger partial charge in [-0.15, -0.1) is 0 Å². The van der Waals surface area contributed by atoms with Crippen molar-refractivity contribution in [3.05, 3.63) is 18.7 Å². The number of hydrogen-bond acceptors (Lipinski definition) is 4. The molecule has 0 amide bonds. The van der Waals surface area contributed by atoms with Crippen LogP contribution < -0.4 is 0 Å². The molecule has 1 aromatic heterocycles. The minimum atomic E-state index is -5.46. The number of halogens is 3. The van der Waals surface area contributed by atoms with Gasteiger partial charge in [0.15, 0.2) is 0 Å². The average molecular weight is 258 g/mol. The highest BCUT2D eigenvalue weighted by atomic mass is 32.2. The van der Waals surface area contributed by atoms with Crippen LogP contribution in [0.25, 0.3) is 0 Å². The first-order valence-electron chi connectivity index (χ1n) is 4.24. The molecule has 92 valence electrons. The van der Waals surface area contributed by atoms with Crippen LogP contribution in [0, 0.1) is 0 Å². The Morgan fingerprint density at radius 2 is 2.06 bits per heavy atom. The molecule has 16 heavy (non-hydrogen) atoms. The Bertz CT molecular complexity index is 413. The van der Waals surface area contributed by atoms with Crippen LogP contribution in [0.1, 0.15) is 6.42 Å². The minimum absolute atomic E-state index is 0.145. The zero-order valence-corrected chi connectivity index (χ0v) is 8.83. The molecule has 0 aromatic carbocycles. The standard InChI is InChI=1S/C7H9F3N2O3S/c8-7(9,10)16(13,14)15-5-1-3-12-4-2-11-6-12/h2,4,6H,1,3,5H2. The molecule has 1 aromatic rings. The van der Waals surface area contributed by atoms with Crippen LogP contribution in [0.2, 0.25) is 0 Å². The maximum atomic E-state index is 11.8. The van der Waals surface area contributed by atoms with Gasteiger partial charge in [0.2, 0.25) is 0 Å². The summed E-state index contributed by atoms with van der Waals surface area (Å²) in [7, 11) is -5.46. The quantitative estimate of drug-likeness (QED) is 0.451. The first kappa shape index (κ1) is 13.0. The molecule has 0 unspecified atom stereocenters.